The normalized spacial score (nSPS) is 15.7. The number of ether oxygens (including phenoxy) is 1. The van der Waals surface area contributed by atoms with Gasteiger partial charge >= 0.3 is 5.69 Å². The molecule has 2 aromatic heterocycles. The lowest BCUT2D eigenvalue weighted by molar-refractivity contribution is 0.102. The lowest BCUT2D eigenvalue weighted by Crippen LogP contribution is -2.42. The summed E-state index contributed by atoms with van der Waals surface area (Å²) in [5.74, 6) is -1.55. The van der Waals surface area contributed by atoms with Gasteiger partial charge in [-0.1, -0.05) is 0 Å². The summed E-state index contributed by atoms with van der Waals surface area (Å²) in [6.07, 6.45) is 5.36. The van der Waals surface area contributed by atoms with Crippen molar-refractivity contribution in [2.75, 3.05) is 45.2 Å². The number of aromatic nitrogens is 4. The molecule has 2 aliphatic rings. The van der Waals surface area contributed by atoms with Crippen molar-refractivity contribution in [3.63, 3.8) is 0 Å². The molecule has 0 bridgehead atoms. The lowest BCUT2D eigenvalue weighted by atomic mass is 9.95. The average molecular weight is 650 g/mol. The van der Waals surface area contributed by atoms with Gasteiger partial charge in [0.1, 0.15) is 24.4 Å². The maximum absolute atomic E-state index is 15.3. The first-order valence-corrected chi connectivity index (χ1v) is 15.4. The number of hydrogen-bond acceptors (Lipinski definition) is 8. The number of halogens is 3. The number of anilines is 1. The number of benzene rings is 2. The number of nitrogens with zero attached hydrogens (tertiary/aromatic N) is 6. The van der Waals surface area contributed by atoms with Gasteiger partial charge in [-0.05, 0) is 81.7 Å². The zero-order valence-electron chi connectivity index (χ0n) is 25.8. The fraction of sp³-hybridized carbons (Fsp3) is 0.364. The molecular weight excluding hydrogens is 615 g/mol. The molecule has 0 radical (unpaired) electrons. The minimum absolute atomic E-state index is 0.00471. The molecule has 1 fully saturated rings. The molecule has 1 saturated heterocycles. The number of fused-ring (bicyclic) bond motifs is 1. The van der Waals surface area contributed by atoms with Crippen LogP contribution in [0.1, 0.15) is 34.5 Å². The summed E-state index contributed by atoms with van der Waals surface area (Å²) in [7, 11) is 2.15. The maximum atomic E-state index is 15.3. The summed E-state index contributed by atoms with van der Waals surface area (Å²) in [5.41, 5.74) is -0.740. The Bertz CT molecular complexity index is 1890. The smallest absolute Gasteiger partial charge is 0.335 e. The highest BCUT2D eigenvalue weighted by molar-refractivity contribution is 6.03. The quantitative estimate of drug-likeness (QED) is 0.292. The Morgan fingerprint density at radius 2 is 1.81 bits per heavy atom. The van der Waals surface area contributed by atoms with E-state index in [2.05, 4.69) is 32.1 Å². The molecule has 47 heavy (non-hydrogen) atoms. The maximum Gasteiger partial charge on any atom is 0.335 e. The second-order valence-corrected chi connectivity index (χ2v) is 11.9. The second kappa shape index (κ2) is 13.9. The van der Waals surface area contributed by atoms with Crippen LogP contribution in [0.4, 0.5) is 18.9 Å². The Morgan fingerprint density at radius 1 is 1.04 bits per heavy atom. The van der Waals surface area contributed by atoms with Crippen LogP contribution in [0.25, 0.3) is 5.69 Å². The largest absolute Gasteiger partial charge is 0.436 e. The van der Waals surface area contributed by atoms with Crippen LogP contribution in [0.5, 0.6) is 11.6 Å². The van der Waals surface area contributed by atoms with Crippen LogP contribution in [-0.4, -0.2) is 74.7 Å². The fourth-order valence-corrected chi connectivity index (χ4v) is 6.02. The number of piperidine rings is 1. The molecule has 1 N–H and O–H groups in total. The minimum atomic E-state index is -1.01. The van der Waals surface area contributed by atoms with E-state index in [4.69, 9.17) is 4.74 Å². The molecule has 6 rings (SSSR count). The van der Waals surface area contributed by atoms with E-state index < -0.39 is 47.6 Å². The Morgan fingerprint density at radius 3 is 2.53 bits per heavy atom. The van der Waals surface area contributed by atoms with Gasteiger partial charge in [-0.15, -0.1) is 0 Å². The first-order valence-electron chi connectivity index (χ1n) is 15.4. The molecule has 1 amide bonds. The third-order valence-corrected chi connectivity index (χ3v) is 8.61. The molecule has 4 aromatic rings. The number of amides is 1. The molecule has 14 heteroatoms. The van der Waals surface area contributed by atoms with Crippen molar-refractivity contribution in [1.82, 2.24) is 28.9 Å². The number of carbonyl (C=O) groups is 1. The van der Waals surface area contributed by atoms with E-state index in [1.807, 2.05) is 0 Å². The van der Waals surface area contributed by atoms with Crippen molar-refractivity contribution in [3.8, 4) is 17.3 Å². The van der Waals surface area contributed by atoms with E-state index in [0.29, 0.717) is 23.5 Å². The zero-order chi connectivity index (χ0) is 33.1. The standard InChI is InChI=1S/C33H34F3N7O4/c1-40-12-8-21(9-13-40)17-41-14-10-25-28(19-41)37-20-38-31(25)47-29-7-4-23(16-27(29)36)39-30(44)26-18-42(15-11-34)33(46)43(32(26)45)24-5-2-22(35)3-6-24/h2-7,16,18,20-21H,8-15,17,19H2,1H3,(H,39,44). The minimum Gasteiger partial charge on any atom is -0.436 e. The highest BCUT2D eigenvalue weighted by Gasteiger charge is 2.26. The van der Waals surface area contributed by atoms with Crippen LogP contribution in [0.15, 0.2) is 64.6 Å². The summed E-state index contributed by atoms with van der Waals surface area (Å²) in [6.45, 7) is 3.33. The van der Waals surface area contributed by atoms with Crippen LogP contribution >= 0.6 is 0 Å². The highest BCUT2D eigenvalue weighted by atomic mass is 19.1. The van der Waals surface area contributed by atoms with Crippen molar-refractivity contribution in [3.05, 3.63) is 104 Å². The van der Waals surface area contributed by atoms with E-state index >= 15 is 4.39 Å². The molecule has 0 unspecified atom stereocenters. The predicted octanol–water partition coefficient (Wildman–Crippen LogP) is 3.78. The van der Waals surface area contributed by atoms with Crippen molar-refractivity contribution < 1.29 is 22.7 Å². The van der Waals surface area contributed by atoms with Gasteiger partial charge < -0.3 is 15.0 Å². The molecule has 0 spiro atoms. The molecule has 246 valence electrons. The van der Waals surface area contributed by atoms with Crippen LogP contribution in [0, 0.1) is 17.6 Å². The molecule has 0 aliphatic carbocycles. The molecular formula is C33H34F3N7O4. The van der Waals surface area contributed by atoms with Crippen LogP contribution in [-0.2, 0) is 19.5 Å². The summed E-state index contributed by atoms with van der Waals surface area (Å²) < 4.78 is 49.4. The Balaban J connectivity index is 1.17. The topological polar surface area (TPSA) is 115 Å². The van der Waals surface area contributed by atoms with Crippen LogP contribution in [0.3, 0.4) is 0 Å². The summed E-state index contributed by atoms with van der Waals surface area (Å²) in [5, 5.41) is 2.45. The third kappa shape index (κ3) is 7.13. The Labute approximate surface area is 268 Å². The second-order valence-electron chi connectivity index (χ2n) is 11.9. The summed E-state index contributed by atoms with van der Waals surface area (Å²) in [6, 6.07) is 8.22. The fourth-order valence-electron chi connectivity index (χ4n) is 6.02. The molecule has 4 heterocycles. The van der Waals surface area contributed by atoms with Crippen LogP contribution < -0.4 is 21.3 Å². The van der Waals surface area contributed by atoms with E-state index in [-0.39, 0.29) is 23.0 Å². The molecule has 0 saturated carbocycles. The van der Waals surface area contributed by atoms with E-state index in [1.54, 1.807) is 0 Å². The molecule has 2 aliphatic heterocycles. The number of alkyl halides is 1. The number of carbonyl (C=O) groups excluding carboxylic acids is 1. The Hall–Kier alpha value is -4.82. The molecule has 0 atom stereocenters. The van der Waals surface area contributed by atoms with Gasteiger partial charge in [0.25, 0.3) is 11.5 Å². The first kappa shape index (κ1) is 32.1. The van der Waals surface area contributed by atoms with Gasteiger partial charge in [0.05, 0.1) is 17.9 Å². The monoisotopic (exact) mass is 649 g/mol. The van der Waals surface area contributed by atoms with Crippen molar-refractivity contribution in [2.45, 2.75) is 32.4 Å². The zero-order valence-corrected chi connectivity index (χ0v) is 25.8. The number of likely N-dealkylation sites (tertiary alicyclic amines) is 1. The molecule has 11 nitrogen and oxygen atoms in total. The first-order chi connectivity index (χ1) is 22.7. The van der Waals surface area contributed by atoms with E-state index in [9.17, 15) is 23.2 Å². The predicted molar refractivity (Wildman–Crippen MR) is 168 cm³/mol. The van der Waals surface area contributed by atoms with Gasteiger partial charge in [0.2, 0.25) is 5.88 Å². The Kier molecular flexibility index (Phi) is 9.50. The number of hydrogen-bond donors (Lipinski definition) is 1. The van der Waals surface area contributed by atoms with E-state index in [0.717, 1.165) is 66.4 Å². The third-order valence-electron chi connectivity index (χ3n) is 8.61. The summed E-state index contributed by atoms with van der Waals surface area (Å²) in [4.78, 5) is 52.8. The van der Waals surface area contributed by atoms with Crippen molar-refractivity contribution in [1.29, 1.82) is 0 Å². The van der Waals surface area contributed by atoms with Gasteiger partial charge in [0, 0.05) is 43.1 Å². The number of nitrogens with one attached hydrogen (secondary N) is 1. The molecule has 2 aromatic carbocycles. The SMILES string of the molecule is CN1CCC(CN2CCc3c(ncnc3Oc3ccc(NC(=O)c4cn(CCF)c(=O)n(-c5ccc(F)cc5)c4=O)cc3F)C2)CC1. The lowest BCUT2D eigenvalue weighted by Gasteiger charge is -2.35. The summed E-state index contributed by atoms with van der Waals surface area (Å²) >= 11 is 0. The number of rotatable bonds is 9. The van der Waals surface area contributed by atoms with Gasteiger partial charge in [-0.3, -0.25) is 19.1 Å². The van der Waals surface area contributed by atoms with E-state index in [1.165, 1.54) is 43.4 Å². The highest BCUT2D eigenvalue weighted by Crippen LogP contribution is 2.31. The average Bonchev–Trinajstić information content (AvgIpc) is 3.05. The van der Waals surface area contributed by atoms with Gasteiger partial charge in [-0.25, -0.2) is 32.5 Å². The van der Waals surface area contributed by atoms with Gasteiger partial charge in [-0.2, -0.15) is 0 Å². The number of aryl methyl sites for hydroxylation is 1. The van der Waals surface area contributed by atoms with Crippen molar-refractivity contribution >= 4 is 11.6 Å². The van der Waals surface area contributed by atoms with Crippen LogP contribution in [0.2, 0.25) is 0 Å². The van der Waals surface area contributed by atoms with Crippen molar-refractivity contribution in [2.24, 2.45) is 5.92 Å². The van der Waals surface area contributed by atoms with Gasteiger partial charge in [0.15, 0.2) is 11.6 Å².